The zero-order valence-corrected chi connectivity index (χ0v) is 8.95. The first-order valence-corrected chi connectivity index (χ1v) is 4.73. The molecule has 0 unspecified atom stereocenters. The maximum atomic E-state index is 5.28. The molecule has 0 fully saturated rings. The third-order valence-electron chi connectivity index (χ3n) is 1.70. The zero-order chi connectivity index (χ0) is 9.84. The summed E-state index contributed by atoms with van der Waals surface area (Å²) in [5.41, 5.74) is 11.7. The molecule has 0 aliphatic carbocycles. The second-order valence-corrected chi connectivity index (χ2v) is 3.70. The molecule has 0 aliphatic heterocycles. The van der Waals surface area contributed by atoms with Crippen molar-refractivity contribution in [2.75, 3.05) is 0 Å². The Kier molecular flexibility index (Phi) is 3.31. The van der Waals surface area contributed by atoms with Gasteiger partial charge in [-0.2, -0.15) is 0 Å². The van der Waals surface area contributed by atoms with Crippen molar-refractivity contribution in [2.45, 2.75) is 13.0 Å². The highest BCUT2D eigenvalue weighted by molar-refractivity contribution is 9.10. The number of guanidine groups is 1. The Morgan fingerprint density at radius 3 is 2.31 bits per heavy atom. The molecule has 1 aromatic rings. The molecular weight excluding hydrogens is 230 g/mol. The monoisotopic (exact) mass is 241 g/mol. The number of nitrogens with two attached hydrogens (primary N) is 2. The van der Waals surface area contributed by atoms with Crippen LogP contribution in [0.15, 0.2) is 33.7 Å². The van der Waals surface area contributed by atoms with Gasteiger partial charge in [-0.1, -0.05) is 28.1 Å². The van der Waals surface area contributed by atoms with E-state index in [1.165, 1.54) is 0 Å². The first-order chi connectivity index (χ1) is 6.09. The van der Waals surface area contributed by atoms with Gasteiger partial charge in [-0.3, -0.25) is 0 Å². The van der Waals surface area contributed by atoms with Crippen LogP contribution in [0.25, 0.3) is 0 Å². The van der Waals surface area contributed by atoms with Crippen LogP contribution in [0.5, 0.6) is 0 Å². The fourth-order valence-electron chi connectivity index (χ4n) is 1.04. The van der Waals surface area contributed by atoms with Crippen molar-refractivity contribution in [1.29, 1.82) is 0 Å². The van der Waals surface area contributed by atoms with E-state index in [0.29, 0.717) is 0 Å². The molecule has 0 radical (unpaired) electrons. The van der Waals surface area contributed by atoms with Gasteiger partial charge in [0, 0.05) is 4.47 Å². The number of hydrogen-bond donors (Lipinski definition) is 2. The van der Waals surface area contributed by atoms with Gasteiger partial charge in [0.25, 0.3) is 0 Å². The Morgan fingerprint density at radius 2 is 1.85 bits per heavy atom. The van der Waals surface area contributed by atoms with Crippen LogP contribution in [-0.4, -0.2) is 5.96 Å². The molecule has 4 heteroatoms. The van der Waals surface area contributed by atoms with Crippen molar-refractivity contribution in [3.8, 4) is 0 Å². The van der Waals surface area contributed by atoms with Crippen molar-refractivity contribution in [2.24, 2.45) is 16.5 Å². The van der Waals surface area contributed by atoms with Gasteiger partial charge >= 0.3 is 0 Å². The van der Waals surface area contributed by atoms with Crippen LogP contribution in [0.2, 0.25) is 0 Å². The molecule has 0 amide bonds. The Labute approximate surface area is 86.0 Å². The van der Waals surface area contributed by atoms with Crippen LogP contribution in [0.3, 0.4) is 0 Å². The number of nitrogens with zero attached hydrogens (tertiary/aromatic N) is 1. The Hall–Kier alpha value is -1.03. The van der Waals surface area contributed by atoms with E-state index in [0.717, 1.165) is 10.0 Å². The van der Waals surface area contributed by atoms with Gasteiger partial charge < -0.3 is 11.5 Å². The van der Waals surface area contributed by atoms with Gasteiger partial charge in [-0.25, -0.2) is 4.99 Å². The van der Waals surface area contributed by atoms with E-state index in [9.17, 15) is 0 Å². The topological polar surface area (TPSA) is 64.4 Å². The van der Waals surface area contributed by atoms with Gasteiger partial charge in [0.1, 0.15) is 0 Å². The third kappa shape index (κ3) is 3.06. The fourth-order valence-corrected chi connectivity index (χ4v) is 1.30. The summed E-state index contributed by atoms with van der Waals surface area (Å²) in [6, 6.07) is 7.92. The summed E-state index contributed by atoms with van der Waals surface area (Å²) in [6.45, 7) is 1.95. The number of aliphatic imine (C=N–C) groups is 1. The highest BCUT2D eigenvalue weighted by Crippen LogP contribution is 2.18. The van der Waals surface area contributed by atoms with Crippen LogP contribution in [0.4, 0.5) is 0 Å². The molecule has 0 aromatic heterocycles. The molecule has 13 heavy (non-hydrogen) atoms. The smallest absolute Gasteiger partial charge is 0.186 e. The molecule has 0 spiro atoms. The van der Waals surface area contributed by atoms with Crippen molar-refractivity contribution in [1.82, 2.24) is 0 Å². The van der Waals surface area contributed by atoms with Gasteiger partial charge in [0.15, 0.2) is 5.96 Å². The number of hydrogen-bond acceptors (Lipinski definition) is 1. The van der Waals surface area contributed by atoms with Gasteiger partial charge in [0.05, 0.1) is 6.04 Å². The molecule has 1 aromatic carbocycles. The molecule has 0 aliphatic rings. The lowest BCUT2D eigenvalue weighted by molar-refractivity contribution is 0.815. The normalized spacial score (nSPS) is 12.2. The lowest BCUT2D eigenvalue weighted by Gasteiger charge is -2.06. The maximum absolute atomic E-state index is 5.28. The molecule has 70 valence electrons. The number of halogens is 1. The van der Waals surface area contributed by atoms with E-state index in [1.807, 2.05) is 31.2 Å². The van der Waals surface area contributed by atoms with Crippen LogP contribution < -0.4 is 11.5 Å². The predicted molar refractivity (Wildman–Crippen MR) is 58.4 cm³/mol. The van der Waals surface area contributed by atoms with Crippen molar-refractivity contribution < 1.29 is 0 Å². The average molecular weight is 242 g/mol. The minimum atomic E-state index is 0.0121. The summed E-state index contributed by atoms with van der Waals surface area (Å²) >= 11 is 3.36. The molecule has 4 N–H and O–H groups in total. The first-order valence-electron chi connectivity index (χ1n) is 3.94. The predicted octanol–water partition coefficient (Wildman–Crippen LogP) is 1.78. The largest absolute Gasteiger partial charge is 0.370 e. The standard InChI is InChI=1S/C9H12BrN3/c1-6(13-9(11)12)7-2-4-8(10)5-3-7/h2-6H,1H3,(H4,11,12,13)/t6-/m0/s1. The molecule has 0 bridgehead atoms. The SMILES string of the molecule is C[C@H](N=C(N)N)c1ccc(Br)cc1. The molecule has 0 heterocycles. The van der Waals surface area contributed by atoms with E-state index in [-0.39, 0.29) is 12.0 Å². The fraction of sp³-hybridized carbons (Fsp3) is 0.222. The Bertz CT molecular complexity index is 301. The zero-order valence-electron chi connectivity index (χ0n) is 7.37. The van der Waals surface area contributed by atoms with Crippen molar-refractivity contribution in [3.05, 3.63) is 34.3 Å². The second-order valence-electron chi connectivity index (χ2n) is 2.78. The van der Waals surface area contributed by atoms with Crippen LogP contribution >= 0.6 is 15.9 Å². The van der Waals surface area contributed by atoms with E-state index >= 15 is 0 Å². The summed E-state index contributed by atoms with van der Waals surface area (Å²) in [7, 11) is 0. The lowest BCUT2D eigenvalue weighted by atomic mass is 10.1. The van der Waals surface area contributed by atoms with E-state index < -0.39 is 0 Å². The van der Waals surface area contributed by atoms with E-state index in [4.69, 9.17) is 11.5 Å². The van der Waals surface area contributed by atoms with Crippen molar-refractivity contribution >= 4 is 21.9 Å². The highest BCUT2D eigenvalue weighted by atomic mass is 79.9. The van der Waals surface area contributed by atoms with E-state index in [2.05, 4.69) is 20.9 Å². The average Bonchev–Trinajstić information content (AvgIpc) is 2.04. The molecule has 3 nitrogen and oxygen atoms in total. The van der Waals surface area contributed by atoms with Crippen molar-refractivity contribution in [3.63, 3.8) is 0 Å². The number of rotatable bonds is 2. The molecule has 1 rings (SSSR count). The second kappa shape index (κ2) is 4.28. The minimum absolute atomic E-state index is 0.0121. The summed E-state index contributed by atoms with van der Waals surface area (Å²) in [4.78, 5) is 4.03. The summed E-state index contributed by atoms with van der Waals surface area (Å²) in [6.07, 6.45) is 0. The summed E-state index contributed by atoms with van der Waals surface area (Å²) in [5, 5.41) is 0. The van der Waals surface area contributed by atoms with Gasteiger partial charge in [-0.05, 0) is 24.6 Å². The lowest BCUT2D eigenvalue weighted by Crippen LogP contribution is -2.23. The molecular formula is C9H12BrN3. The minimum Gasteiger partial charge on any atom is -0.370 e. The van der Waals surface area contributed by atoms with E-state index in [1.54, 1.807) is 0 Å². The van der Waals surface area contributed by atoms with Crippen LogP contribution in [-0.2, 0) is 0 Å². The summed E-state index contributed by atoms with van der Waals surface area (Å²) in [5.74, 6) is 0.121. The molecule has 1 atom stereocenters. The maximum Gasteiger partial charge on any atom is 0.186 e. The van der Waals surface area contributed by atoms with Gasteiger partial charge in [-0.15, -0.1) is 0 Å². The van der Waals surface area contributed by atoms with Crippen LogP contribution in [0, 0.1) is 0 Å². The first kappa shape index (κ1) is 10.1. The Morgan fingerprint density at radius 1 is 1.31 bits per heavy atom. The summed E-state index contributed by atoms with van der Waals surface area (Å²) < 4.78 is 1.05. The third-order valence-corrected chi connectivity index (χ3v) is 2.22. The molecule has 0 saturated carbocycles. The number of benzene rings is 1. The highest BCUT2D eigenvalue weighted by Gasteiger charge is 2.02. The quantitative estimate of drug-likeness (QED) is 0.613. The molecule has 0 saturated heterocycles. The van der Waals surface area contributed by atoms with Gasteiger partial charge in [0.2, 0.25) is 0 Å². The Balaban J connectivity index is 2.83. The van der Waals surface area contributed by atoms with Crippen LogP contribution in [0.1, 0.15) is 18.5 Å².